The van der Waals surface area contributed by atoms with E-state index in [0.29, 0.717) is 11.6 Å². The molecule has 1 aliphatic carbocycles. The average Bonchev–Trinajstić information content (AvgIpc) is 2.37. The zero-order valence-corrected chi connectivity index (χ0v) is 10.0. The van der Waals surface area contributed by atoms with Crippen molar-refractivity contribution in [2.75, 3.05) is 0 Å². The Morgan fingerprint density at radius 2 is 2.41 bits per heavy atom. The van der Waals surface area contributed by atoms with E-state index in [0.717, 1.165) is 18.6 Å². The number of amides is 1. The first-order valence-corrected chi connectivity index (χ1v) is 6.02. The highest BCUT2D eigenvalue weighted by molar-refractivity contribution is 5.93. The van der Waals surface area contributed by atoms with Crippen LogP contribution in [0.1, 0.15) is 43.1 Å². The highest BCUT2D eigenvalue weighted by atomic mass is 16.2. The summed E-state index contributed by atoms with van der Waals surface area (Å²) in [5, 5.41) is 4.19. The summed E-state index contributed by atoms with van der Waals surface area (Å²) < 4.78 is 0. The summed E-state index contributed by atoms with van der Waals surface area (Å²) in [4.78, 5) is 15.7. The molecule has 0 radical (unpaired) electrons. The molecule has 1 heterocycles. The van der Waals surface area contributed by atoms with Gasteiger partial charge in [0, 0.05) is 11.9 Å². The summed E-state index contributed by atoms with van der Waals surface area (Å²) in [6.07, 6.45) is 6.01. The van der Waals surface area contributed by atoms with E-state index < -0.39 is 0 Å². The number of carbonyl (C=O) groups is 1. The third-order valence-corrected chi connectivity index (χ3v) is 2.96. The molecule has 0 spiro atoms. The Bertz CT molecular complexity index is 414. The van der Waals surface area contributed by atoms with Gasteiger partial charge in [0.15, 0.2) is 0 Å². The molecule has 0 unspecified atom stereocenters. The minimum Gasteiger partial charge on any atom is -0.266 e. The Kier molecular flexibility index (Phi) is 3.85. The Balaban J connectivity index is 1.93. The van der Waals surface area contributed by atoms with Crippen molar-refractivity contribution >= 4 is 11.6 Å². The molecule has 4 heteroatoms. The van der Waals surface area contributed by atoms with Gasteiger partial charge in [-0.1, -0.05) is 13.0 Å². The topological polar surface area (TPSA) is 54.4 Å². The first kappa shape index (κ1) is 11.8. The number of nitrogens with zero attached hydrogens (tertiary/aromatic N) is 2. The average molecular weight is 231 g/mol. The van der Waals surface area contributed by atoms with Crippen molar-refractivity contribution in [2.24, 2.45) is 11.0 Å². The van der Waals surface area contributed by atoms with Crippen LogP contribution in [0.4, 0.5) is 0 Å². The van der Waals surface area contributed by atoms with Gasteiger partial charge < -0.3 is 0 Å². The summed E-state index contributed by atoms with van der Waals surface area (Å²) in [6, 6.07) is 5.25. The van der Waals surface area contributed by atoms with Crippen molar-refractivity contribution in [1.29, 1.82) is 0 Å². The monoisotopic (exact) mass is 231 g/mol. The van der Waals surface area contributed by atoms with Gasteiger partial charge in [-0.15, -0.1) is 0 Å². The second-order valence-corrected chi connectivity index (χ2v) is 4.54. The Labute approximate surface area is 101 Å². The van der Waals surface area contributed by atoms with Gasteiger partial charge in [-0.05, 0) is 43.7 Å². The van der Waals surface area contributed by atoms with Crippen molar-refractivity contribution in [3.8, 4) is 0 Å². The Morgan fingerprint density at radius 1 is 1.53 bits per heavy atom. The van der Waals surface area contributed by atoms with Gasteiger partial charge in [-0.25, -0.2) is 5.43 Å². The van der Waals surface area contributed by atoms with Gasteiger partial charge in [-0.3, -0.25) is 9.78 Å². The maximum Gasteiger partial charge on any atom is 0.289 e. The standard InChI is InChI=1S/C13H17N3O/c1-10-5-4-6-11(9-10)15-16-13(17)12-7-2-3-8-14-12/h2-3,7-8,10H,4-6,9H2,1H3,(H,16,17)/b15-11-/t10-/m1/s1. The van der Waals surface area contributed by atoms with Crippen molar-refractivity contribution in [3.05, 3.63) is 30.1 Å². The van der Waals surface area contributed by atoms with Gasteiger partial charge in [0.2, 0.25) is 0 Å². The fourth-order valence-corrected chi connectivity index (χ4v) is 2.05. The molecule has 0 bridgehead atoms. The number of rotatable bonds is 2. The second-order valence-electron chi connectivity index (χ2n) is 4.54. The van der Waals surface area contributed by atoms with E-state index in [9.17, 15) is 4.79 Å². The zero-order valence-electron chi connectivity index (χ0n) is 10.0. The number of nitrogens with one attached hydrogen (secondary N) is 1. The third kappa shape index (κ3) is 3.37. The molecule has 1 N–H and O–H groups in total. The van der Waals surface area contributed by atoms with Crippen molar-refractivity contribution < 1.29 is 4.79 Å². The van der Waals surface area contributed by atoms with Crippen LogP contribution < -0.4 is 5.43 Å². The van der Waals surface area contributed by atoms with Gasteiger partial charge in [0.05, 0.1) is 0 Å². The van der Waals surface area contributed by atoms with Crippen LogP contribution in [0, 0.1) is 5.92 Å². The van der Waals surface area contributed by atoms with Gasteiger partial charge >= 0.3 is 0 Å². The van der Waals surface area contributed by atoms with Crippen LogP contribution in [0.5, 0.6) is 0 Å². The molecule has 17 heavy (non-hydrogen) atoms. The van der Waals surface area contributed by atoms with Gasteiger partial charge in [0.1, 0.15) is 5.69 Å². The quantitative estimate of drug-likeness (QED) is 0.794. The second kappa shape index (κ2) is 5.57. The third-order valence-electron chi connectivity index (χ3n) is 2.96. The minimum atomic E-state index is -0.240. The smallest absolute Gasteiger partial charge is 0.266 e. The maximum absolute atomic E-state index is 11.7. The van der Waals surface area contributed by atoms with Gasteiger partial charge in [-0.2, -0.15) is 5.10 Å². The molecule has 1 aromatic heterocycles. The molecule has 90 valence electrons. The first-order chi connectivity index (χ1) is 8.25. The number of hydrogen-bond acceptors (Lipinski definition) is 3. The van der Waals surface area contributed by atoms with Crippen molar-refractivity contribution in [3.63, 3.8) is 0 Å². The summed E-state index contributed by atoms with van der Waals surface area (Å²) in [6.45, 7) is 2.22. The predicted molar refractivity (Wildman–Crippen MR) is 66.8 cm³/mol. The fourth-order valence-electron chi connectivity index (χ4n) is 2.05. The number of carbonyl (C=O) groups excluding carboxylic acids is 1. The highest BCUT2D eigenvalue weighted by Crippen LogP contribution is 2.20. The molecule has 1 atom stereocenters. The lowest BCUT2D eigenvalue weighted by atomic mass is 9.89. The van der Waals surface area contributed by atoms with E-state index in [-0.39, 0.29) is 5.91 Å². The predicted octanol–water partition coefficient (Wildman–Crippen LogP) is 2.38. The first-order valence-electron chi connectivity index (χ1n) is 6.02. The summed E-state index contributed by atoms with van der Waals surface area (Å²) >= 11 is 0. The van der Waals surface area contributed by atoms with E-state index >= 15 is 0 Å². The molecule has 0 saturated heterocycles. The molecular formula is C13H17N3O. The van der Waals surface area contributed by atoms with E-state index in [1.54, 1.807) is 24.4 Å². The lowest BCUT2D eigenvalue weighted by molar-refractivity contribution is 0.0949. The molecule has 2 rings (SSSR count). The Morgan fingerprint density at radius 3 is 3.12 bits per heavy atom. The number of pyridine rings is 1. The van der Waals surface area contributed by atoms with Crippen LogP contribution in [-0.2, 0) is 0 Å². The Hall–Kier alpha value is -1.71. The van der Waals surface area contributed by atoms with Gasteiger partial charge in [0.25, 0.3) is 5.91 Å². The van der Waals surface area contributed by atoms with E-state index in [1.165, 1.54) is 12.8 Å². The zero-order chi connectivity index (χ0) is 12.1. The number of hydrogen-bond donors (Lipinski definition) is 1. The SMILES string of the molecule is C[C@@H]1CCC/C(=N/NC(=O)c2ccccn2)C1. The fraction of sp³-hybridized carbons (Fsp3) is 0.462. The molecule has 0 aromatic carbocycles. The molecule has 4 nitrogen and oxygen atoms in total. The minimum absolute atomic E-state index is 0.240. The van der Waals surface area contributed by atoms with E-state index in [1.807, 2.05) is 0 Å². The summed E-state index contributed by atoms with van der Waals surface area (Å²) in [7, 11) is 0. The van der Waals surface area contributed by atoms with Crippen LogP contribution in [0.15, 0.2) is 29.5 Å². The summed E-state index contributed by atoms with van der Waals surface area (Å²) in [5.41, 5.74) is 4.07. The molecule has 1 saturated carbocycles. The van der Waals surface area contributed by atoms with Crippen molar-refractivity contribution in [1.82, 2.24) is 10.4 Å². The molecule has 1 amide bonds. The van der Waals surface area contributed by atoms with E-state index in [2.05, 4.69) is 22.4 Å². The molecule has 0 aliphatic heterocycles. The normalized spacial score (nSPS) is 22.4. The van der Waals surface area contributed by atoms with Crippen molar-refractivity contribution in [2.45, 2.75) is 32.6 Å². The lowest BCUT2D eigenvalue weighted by Gasteiger charge is -2.18. The van der Waals surface area contributed by atoms with Crippen LogP contribution in [-0.4, -0.2) is 16.6 Å². The van der Waals surface area contributed by atoms with Crippen LogP contribution >= 0.6 is 0 Å². The lowest BCUT2D eigenvalue weighted by Crippen LogP contribution is -2.22. The van der Waals surface area contributed by atoms with Crippen LogP contribution in [0.2, 0.25) is 0 Å². The highest BCUT2D eigenvalue weighted by Gasteiger charge is 2.14. The molecule has 1 fully saturated rings. The number of aromatic nitrogens is 1. The van der Waals surface area contributed by atoms with Crippen LogP contribution in [0.3, 0.4) is 0 Å². The molecule has 1 aromatic rings. The largest absolute Gasteiger partial charge is 0.289 e. The summed E-state index contributed by atoms with van der Waals surface area (Å²) in [5.74, 6) is 0.436. The molecule has 1 aliphatic rings. The van der Waals surface area contributed by atoms with Crippen LogP contribution in [0.25, 0.3) is 0 Å². The maximum atomic E-state index is 11.7. The molecular weight excluding hydrogens is 214 g/mol. The number of hydrazone groups is 1. The van der Waals surface area contributed by atoms with E-state index in [4.69, 9.17) is 0 Å².